The van der Waals surface area contributed by atoms with Crippen molar-refractivity contribution in [2.75, 3.05) is 29.0 Å². The molecule has 1 saturated heterocycles. The first-order valence-electron chi connectivity index (χ1n) is 7.79. The van der Waals surface area contributed by atoms with Crippen molar-refractivity contribution < 1.29 is 0 Å². The van der Waals surface area contributed by atoms with E-state index in [1.165, 1.54) is 25.7 Å². The van der Waals surface area contributed by atoms with E-state index in [1.807, 2.05) is 25.3 Å². The summed E-state index contributed by atoms with van der Waals surface area (Å²) >= 11 is 0. The molecule has 22 heavy (non-hydrogen) atoms. The second-order valence-corrected chi connectivity index (χ2v) is 5.71. The van der Waals surface area contributed by atoms with Gasteiger partial charge in [-0.25, -0.2) is 15.0 Å². The van der Waals surface area contributed by atoms with Crippen molar-refractivity contribution >= 4 is 23.1 Å². The highest BCUT2D eigenvalue weighted by atomic mass is 15.2. The normalized spacial score (nSPS) is 15.4. The monoisotopic (exact) mass is 298 g/mol. The minimum absolute atomic E-state index is 0.590. The van der Waals surface area contributed by atoms with Gasteiger partial charge in [-0.05, 0) is 31.4 Å². The molecule has 116 valence electrons. The lowest BCUT2D eigenvalue weighted by atomic mass is 10.2. The molecule has 0 aliphatic carbocycles. The van der Waals surface area contributed by atoms with Gasteiger partial charge in [0, 0.05) is 19.3 Å². The summed E-state index contributed by atoms with van der Waals surface area (Å²) in [5.41, 5.74) is 7.99. The highest BCUT2D eigenvalue weighted by molar-refractivity contribution is 5.77. The number of rotatable bonds is 3. The highest BCUT2D eigenvalue weighted by Crippen LogP contribution is 2.29. The number of hydrogen-bond donors (Lipinski definition) is 2. The van der Waals surface area contributed by atoms with Crippen molar-refractivity contribution in [1.82, 2.24) is 15.0 Å². The third kappa shape index (κ3) is 3.27. The number of anilines is 4. The lowest BCUT2D eigenvalue weighted by molar-refractivity contribution is 0.726. The zero-order chi connectivity index (χ0) is 15.4. The predicted octanol–water partition coefficient (Wildman–Crippen LogP) is 2.89. The molecular weight excluding hydrogens is 276 g/mol. The average molecular weight is 298 g/mol. The van der Waals surface area contributed by atoms with Crippen LogP contribution in [-0.2, 0) is 0 Å². The van der Waals surface area contributed by atoms with Gasteiger partial charge >= 0.3 is 0 Å². The molecule has 1 aliphatic heterocycles. The fourth-order valence-electron chi connectivity index (χ4n) is 2.68. The van der Waals surface area contributed by atoms with Gasteiger partial charge in [-0.1, -0.05) is 18.9 Å². The van der Waals surface area contributed by atoms with E-state index in [1.54, 1.807) is 6.33 Å². The van der Waals surface area contributed by atoms with Crippen LogP contribution in [0.15, 0.2) is 24.7 Å². The minimum atomic E-state index is 0.590. The van der Waals surface area contributed by atoms with Crippen LogP contribution in [0.4, 0.5) is 23.1 Å². The Bertz CT molecular complexity index is 617. The Morgan fingerprint density at radius 3 is 2.50 bits per heavy atom. The van der Waals surface area contributed by atoms with Crippen LogP contribution in [0.5, 0.6) is 0 Å². The standard InChI is InChI=1S/C16H22N6/c1-12-6-7-13(18-10-12)21-15-14(17)16(20-11-19-15)22-8-4-2-3-5-9-22/h6-7,10-11H,2-5,8-9,17H2,1H3,(H,18,19,20,21). The molecule has 0 saturated carbocycles. The van der Waals surface area contributed by atoms with Crippen LogP contribution in [0.2, 0.25) is 0 Å². The molecule has 0 radical (unpaired) electrons. The Morgan fingerprint density at radius 1 is 1.05 bits per heavy atom. The van der Waals surface area contributed by atoms with Crippen molar-refractivity contribution in [1.29, 1.82) is 0 Å². The number of pyridine rings is 1. The van der Waals surface area contributed by atoms with E-state index in [-0.39, 0.29) is 0 Å². The zero-order valence-corrected chi connectivity index (χ0v) is 12.9. The van der Waals surface area contributed by atoms with Crippen LogP contribution >= 0.6 is 0 Å². The van der Waals surface area contributed by atoms with Gasteiger partial charge in [-0.2, -0.15) is 0 Å². The minimum Gasteiger partial charge on any atom is -0.393 e. The predicted molar refractivity (Wildman–Crippen MR) is 89.4 cm³/mol. The van der Waals surface area contributed by atoms with Crippen molar-refractivity contribution in [2.24, 2.45) is 0 Å². The number of aryl methyl sites for hydroxylation is 1. The van der Waals surface area contributed by atoms with Gasteiger partial charge in [0.25, 0.3) is 0 Å². The van der Waals surface area contributed by atoms with Crippen LogP contribution in [-0.4, -0.2) is 28.0 Å². The third-order valence-corrected chi connectivity index (χ3v) is 3.93. The number of nitrogen functional groups attached to an aromatic ring is 1. The molecular formula is C16H22N6. The Labute approximate surface area is 130 Å². The molecule has 0 spiro atoms. The summed E-state index contributed by atoms with van der Waals surface area (Å²) < 4.78 is 0. The molecule has 1 fully saturated rings. The topological polar surface area (TPSA) is 80.0 Å². The molecule has 2 aromatic rings. The molecule has 3 heterocycles. The van der Waals surface area contributed by atoms with Gasteiger partial charge in [0.2, 0.25) is 0 Å². The molecule has 3 rings (SSSR count). The van der Waals surface area contributed by atoms with E-state index in [4.69, 9.17) is 5.73 Å². The SMILES string of the molecule is Cc1ccc(Nc2ncnc(N3CCCCCC3)c2N)nc1. The first kappa shape index (κ1) is 14.6. The largest absolute Gasteiger partial charge is 0.393 e. The number of nitrogens with one attached hydrogen (secondary N) is 1. The molecule has 1 aliphatic rings. The summed E-state index contributed by atoms with van der Waals surface area (Å²) in [5, 5.41) is 3.18. The summed E-state index contributed by atoms with van der Waals surface area (Å²) in [6.45, 7) is 4.01. The second-order valence-electron chi connectivity index (χ2n) is 5.71. The molecule has 0 atom stereocenters. The Hall–Kier alpha value is -2.37. The molecule has 6 heteroatoms. The maximum Gasteiger partial charge on any atom is 0.160 e. The fourth-order valence-corrected chi connectivity index (χ4v) is 2.68. The summed E-state index contributed by atoms with van der Waals surface area (Å²) in [7, 11) is 0. The van der Waals surface area contributed by atoms with Crippen LogP contribution in [0.1, 0.15) is 31.2 Å². The molecule has 0 aromatic carbocycles. The quantitative estimate of drug-likeness (QED) is 0.907. The highest BCUT2D eigenvalue weighted by Gasteiger charge is 2.16. The van der Waals surface area contributed by atoms with Gasteiger partial charge in [0.05, 0.1) is 0 Å². The van der Waals surface area contributed by atoms with Crippen LogP contribution in [0.25, 0.3) is 0 Å². The summed E-state index contributed by atoms with van der Waals surface area (Å²) in [6, 6.07) is 3.92. The summed E-state index contributed by atoms with van der Waals surface area (Å²) in [6.07, 6.45) is 8.31. The van der Waals surface area contributed by atoms with Gasteiger partial charge in [0.1, 0.15) is 17.8 Å². The van der Waals surface area contributed by atoms with Gasteiger partial charge in [0.15, 0.2) is 11.6 Å². The molecule has 3 N–H and O–H groups in total. The van der Waals surface area contributed by atoms with E-state index >= 15 is 0 Å². The van der Waals surface area contributed by atoms with E-state index in [0.29, 0.717) is 11.5 Å². The van der Waals surface area contributed by atoms with E-state index in [0.717, 1.165) is 30.3 Å². The van der Waals surface area contributed by atoms with E-state index in [2.05, 4.69) is 25.2 Å². The lowest BCUT2D eigenvalue weighted by Crippen LogP contribution is -2.26. The second kappa shape index (κ2) is 6.60. The molecule has 0 unspecified atom stereocenters. The molecule has 6 nitrogen and oxygen atoms in total. The van der Waals surface area contributed by atoms with Crippen molar-refractivity contribution in [3.05, 3.63) is 30.2 Å². The van der Waals surface area contributed by atoms with E-state index < -0.39 is 0 Å². The number of nitrogens with two attached hydrogens (primary N) is 1. The average Bonchev–Trinajstić information content (AvgIpc) is 2.81. The molecule has 2 aromatic heterocycles. The summed E-state index contributed by atoms with van der Waals surface area (Å²) in [4.78, 5) is 15.2. The van der Waals surface area contributed by atoms with Crippen molar-refractivity contribution in [3.63, 3.8) is 0 Å². The van der Waals surface area contributed by atoms with Crippen molar-refractivity contribution in [3.8, 4) is 0 Å². The smallest absolute Gasteiger partial charge is 0.160 e. The maximum absolute atomic E-state index is 6.29. The van der Waals surface area contributed by atoms with Gasteiger partial charge < -0.3 is 16.0 Å². The summed E-state index contributed by atoms with van der Waals surface area (Å²) in [5.74, 6) is 2.18. The van der Waals surface area contributed by atoms with Crippen LogP contribution in [0.3, 0.4) is 0 Å². The Balaban J connectivity index is 1.83. The van der Waals surface area contributed by atoms with Crippen LogP contribution < -0.4 is 16.0 Å². The number of nitrogens with zero attached hydrogens (tertiary/aromatic N) is 4. The maximum atomic E-state index is 6.29. The first-order valence-corrected chi connectivity index (χ1v) is 7.79. The zero-order valence-electron chi connectivity index (χ0n) is 12.9. The van der Waals surface area contributed by atoms with E-state index in [9.17, 15) is 0 Å². The van der Waals surface area contributed by atoms with Crippen LogP contribution in [0, 0.1) is 6.92 Å². The Kier molecular flexibility index (Phi) is 4.37. The van der Waals surface area contributed by atoms with Gasteiger partial charge in [-0.3, -0.25) is 0 Å². The molecule has 0 bridgehead atoms. The Morgan fingerprint density at radius 2 is 1.82 bits per heavy atom. The fraction of sp³-hybridized carbons (Fsp3) is 0.438. The lowest BCUT2D eigenvalue weighted by Gasteiger charge is -2.23. The first-order chi connectivity index (χ1) is 10.7. The van der Waals surface area contributed by atoms with Crippen molar-refractivity contribution in [2.45, 2.75) is 32.6 Å². The number of hydrogen-bond acceptors (Lipinski definition) is 6. The molecule has 0 amide bonds. The van der Waals surface area contributed by atoms with Gasteiger partial charge in [-0.15, -0.1) is 0 Å². The third-order valence-electron chi connectivity index (χ3n) is 3.93. The number of aromatic nitrogens is 3.